The third kappa shape index (κ3) is 2.91. The molecule has 8 nitrogen and oxygen atoms in total. The molecule has 0 saturated heterocycles. The molecule has 2 N–H and O–H groups in total. The number of rotatable bonds is 4. The predicted octanol–water partition coefficient (Wildman–Crippen LogP) is 2.08. The van der Waals surface area contributed by atoms with Gasteiger partial charge in [0, 0.05) is 11.8 Å². The van der Waals surface area contributed by atoms with E-state index in [0.29, 0.717) is 5.69 Å². The number of benzene rings is 1. The summed E-state index contributed by atoms with van der Waals surface area (Å²) in [6.45, 7) is 1.74. The molecule has 8 heteroatoms. The van der Waals surface area contributed by atoms with Crippen LogP contribution in [0.4, 0.5) is 11.6 Å². The minimum atomic E-state index is -0.550. The zero-order chi connectivity index (χ0) is 14.7. The van der Waals surface area contributed by atoms with E-state index in [4.69, 9.17) is 15.2 Å². The Bertz CT molecular complexity index is 640. The topological polar surface area (TPSA) is 113 Å². The van der Waals surface area contributed by atoms with Crippen molar-refractivity contribution in [3.63, 3.8) is 0 Å². The normalized spacial score (nSPS) is 10.1. The quantitative estimate of drug-likeness (QED) is 0.671. The van der Waals surface area contributed by atoms with Crippen LogP contribution in [0.3, 0.4) is 0 Å². The van der Waals surface area contributed by atoms with E-state index in [-0.39, 0.29) is 29.0 Å². The highest BCUT2D eigenvalue weighted by Crippen LogP contribution is 2.32. The van der Waals surface area contributed by atoms with Gasteiger partial charge >= 0.3 is 5.69 Å². The Morgan fingerprint density at radius 3 is 2.65 bits per heavy atom. The molecule has 0 radical (unpaired) electrons. The smallest absolute Gasteiger partial charge is 0.314 e. The van der Waals surface area contributed by atoms with Crippen molar-refractivity contribution in [3.8, 4) is 17.4 Å². The van der Waals surface area contributed by atoms with Gasteiger partial charge in [0.05, 0.1) is 18.1 Å². The lowest BCUT2D eigenvalue weighted by Crippen LogP contribution is -1.99. The zero-order valence-corrected chi connectivity index (χ0v) is 10.9. The van der Waals surface area contributed by atoms with Crippen molar-refractivity contribution in [2.75, 3.05) is 12.8 Å². The molecule has 1 aromatic heterocycles. The summed E-state index contributed by atoms with van der Waals surface area (Å²) in [6.07, 6.45) is 0. The molecule has 0 fully saturated rings. The van der Waals surface area contributed by atoms with Gasteiger partial charge in [-0.05, 0) is 19.1 Å². The number of nitrogens with zero attached hydrogens (tertiary/aromatic N) is 3. The summed E-state index contributed by atoms with van der Waals surface area (Å²) in [5, 5.41) is 10.9. The molecular weight excluding hydrogens is 264 g/mol. The maximum atomic E-state index is 10.9. The van der Waals surface area contributed by atoms with E-state index in [9.17, 15) is 10.1 Å². The van der Waals surface area contributed by atoms with Crippen molar-refractivity contribution in [1.82, 2.24) is 9.97 Å². The number of aryl methyl sites for hydroxylation is 1. The van der Waals surface area contributed by atoms with Crippen LogP contribution in [0.25, 0.3) is 0 Å². The first-order valence-corrected chi connectivity index (χ1v) is 5.61. The number of aromatic nitrogens is 2. The summed E-state index contributed by atoms with van der Waals surface area (Å²) < 4.78 is 10.3. The Kier molecular flexibility index (Phi) is 3.65. The van der Waals surface area contributed by atoms with Crippen molar-refractivity contribution in [3.05, 3.63) is 40.1 Å². The monoisotopic (exact) mass is 276 g/mol. The summed E-state index contributed by atoms with van der Waals surface area (Å²) in [7, 11) is 1.36. The van der Waals surface area contributed by atoms with E-state index in [1.54, 1.807) is 19.1 Å². The average Bonchev–Trinajstić information content (AvgIpc) is 2.37. The number of nitro groups is 1. The third-order valence-electron chi connectivity index (χ3n) is 2.42. The second kappa shape index (κ2) is 5.39. The van der Waals surface area contributed by atoms with Crippen molar-refractivity contribution in [1.29, 1.82) is 0 Å². The second-order valence-corrected chi connectivity index (χ2v) is 3.90. The Balaban J connectivity index is 2.34. The fraction of sp³-hybridized carbons (Fsp3) is 0.167. The first-order valence-electron chi connectivity index (χ1n) is 5.61. The molecule has 0 saturated carbocycles. The molecule has 1 aromatic carbocycles. The van der Waals surface area contributed by atoms with Gasteiger partial charge in [0.25, 0.3) is 0 Å². The van der Waals surface area contributed by atoms with Crippen LogP contribution in [0.5, 0.6) is 17.4 Å². The lowest BCUT2D eigenvalue weighted by Gasteiger charge is -2.07. The van der Waals surface area contributed by atoms with E-state index in [1.807, 2.05) is 0 Å². The number of nitrogen functional groups attached to an aromatic ring is 1. The zero-order valence-electron chi connectivity index (χ0n) is 10.9. The molecule has 0 aliphatic rings. The van der Waals surface area contributed by atoms with E-state index >= 15 is 0 Å². The molecule has 0 aliphatic heterocycles. The molecule has 0 spiro atoms. The van der Waals surface area contributed by atoms with Gasteiger partial charge in [-0.15, -0.1) is 0 Å². The summed E-state index contributed by atoms with van der Waals surface area (Å²) >= 11 is 0. The van der Waals surface area contributed by atoms with Gasteiger partial charge in [0.15, 0.2) is 5.75 Å². The SMILES string of the molecule is COc1ccc(Oc2cc(C)nc(N)n2)cc1[N+](=O)[O-]. The van der Waals surface area contributed by atoms with Crippen LogP contribution in [0.2, 0.25) is 0 Å². The van der Waals surface area contributed by atoms with Crippen LogP contribution in [-0.4, -0.2) is 22.0 Å². The van der Waals surface area contributed by atoms with Crippen LogP contribution in [-0.2, 0) is 0 Å². The van der Waals surface area contributed by atoms with E-state index < -0.39 is 4.92 Å². The summed E-state index contributed by atoms with van der Waals surface area (Å²) in [5.74, 6) is 0.702. The van der Waals surface area contributed by atoms with Gasteiger partial charge in [0.1, 0.15) is 5.75 Å². The van der Waals surface area contributed by atoms with Crippen LogP contribution in [0.15, 0.2) is 24.3 Å². The summed E-state index contributed by atoms with van der Waals surface area (Å²) in [4.78, 5) is 18.2. The van der Waals surface area contributed by atoms with Gasteiger partial charge in [0.2, 0.25) is 11.8 Å². The second-order valence-electron chi connectivity index (χ2n) is 3.90. The predicted molar refractivity (Wildman–Crippen MR) is 70.9 cm³/mol. The highest BCUT2D eigenvalue weighted by atomic mass is 16.6. The van der Waals surface area contributed by atoms with Gasteiger partial charge in [-0.3, -0.25) is 10.1 Å². The van der Waals surface area contributed by atoms with Crippen molar-refractivity contribution < 1.29 is 14.4 Å². The van der Waals surface area contributed by atoms with Gasteiger partial charge in [-0.2, -0.15) is 4.98 Å². The number of ether oxygens (including phenoxy) is 2. The van der Waals surface area contributed by atoms with Crippen LogP contribution in [0.1, 0.15) is 5.69 Å². The Morgan fingerprint density at radius 2 is 2.05 bits per heavy atom. The van der Waals surface area contributed by atoms with E-state index in [1.165, 1.54) is 19.2 Å². The van der Waals surface area contributed by atoms with Crippen molar-refractivity contribution in [2.24, 2.45) is 0 Å². The molecule has 104 valence electrons. The first-order chi connectivity index (χ1) is 9.49. The number of hydrogen-bond acceptors (Lipinski definition) is 7. The number of anilines is 1. The maximum absolute atomic E-state index is 10.9. The minimum Gasteiger partial charge on any atom is -0.490 e. The average molecular weight is 276 g/mol. The molecule has 0 atom stereocenters. The molecule has 0 amide bonds. The highest BCUT2D eigenvalue weighted by Gasteiger charge is 2.16. The van der Waals surface area contributed by atoms with Gasteiger partial charge < -0.3 is 15.2 Å². The largest absolute Gasteiger partial charge is 0.490 e. The van der Waals surface area contributed by atoms with E-state index in [2.05, 4.69) is 9.97 Å². The maximum Gasteiger partial charge on any atom is 0.314 e. The molecule has 0 unspecified atom stereocenters. The summed E-state index contributed by atoms with van der Waals surface area (Å²) in [6, 6.07) is 5.82. The van der Waals surface area contributed by atoms with Gasteiger partial charge in [-0.25, -0.2) is 4.98 Å². The lowest BCUT2D eigenvalue weighted by atomic mass is 10.3. The fourth-order valence-electron chi connectivity index (χ4n) is 1.61. The number of methoxy groups -OCH3 is 1. The van der Waals surface area contributed by atoms with Crippen LogP contribution >= 0.6 is 0 Å². The number of hydrogen-bond donors (Lipinski definition) is 1. The fourth-order valence-corrected chi connectivity index (χ4v) is 1.61. The minimum absolute atomic E-state index is 0.0722. The lowest BCUT2D eigenvalue weighted by molar-refractivity contribution is -0.385. The molecular formula is C12H12N4O4. The molecule has 0 aliphatic carbocycles. The molecule has 2 rings (SSSR count). The van der Waals surface area contributed by atoms with Crippen LogP contribution in [0, 0.1) is 17.0 Å². The van der Waals surface area contributed by atoms with Crippen molar-refractivity contribution in [2.45, 2.75) is 6.92 Å². The van der Waals surface area contributed by atoms with Crippen molar-refractivity contribution >= 4 is 11.6 Å². The summed E-state index contributed by atoms with van der Waals surface area (Å²) in [5.41, 5.74) is 5.95. The molecule has 0 bridgehead atoms. The standard InChI is InChI=1S/C12H12N4O4/c1-7-5-11(15-12(13)14-7)20-8-3-4-10(19-2)9(6-8)16(17)18/h3-6H,1-2H3,(H2,13,14,15). The number of nitro benzene ring substituents is 1. The molecule has 2 aromatic rings. The first kappa shape index (κ1) is 13.5. The number of nitrogens with two attached hydrogens (primary N) is 1. The third-order valence-corrected chi connectivity index (χ3v) is 2.42. The molecule has 20 heavy (non-hydrogen) atoms. The highest BCUT2D eigenvalue weighted by molar-refractivity contribution is 5.51. The Morgan fingerprint density at radius 1 is 1.30 bits per heavy atom. The molecule has 1 heterocycles. The Hall–Kier alpha value is -2.90. The van der Waals surface area contributed by atoms with Crippen LogP contribution < -0.4 is 15.2 Å². The Labute approximate surface area is 114 Å². The van der Waals surface area contributed by atoms with E-state index in [0.717, 1.165) is 0 Å². The van der Waals surface area contributed by atoms with Gasteiger partial charge in [-0.1, -0.05) is 0 Å².